The summed E-state index contributed by atoms with van der Waals surface area (Å²) in [6.45, 7) is 8.32. The van der Waals surface area contributed by atoms with Crippen LogP contribution in [0.2, 0.25) is 0 Å². The minimum atomic E-state index is 0.899. The number of hydrogen-bond acceptors (Lipinski definition) is 5. The van der Waals surface area contributed by atoms with Crippen molar-refractivity contribution in [2.45, 2.75) is 27.2 Å². The summed E-state index contributed by atoms with van der Waals surface area (Å²) in [5, 5.41) is 16.9. The molecule has 0 atom stereocenters. The average Bonchev–Trinajstić information content (AvgIpc) is 2.82. The minimum Gasteiger partial charge on any atom is -0.360 e. The Bertz CT molecular complexity index is 554. The summed E-state index contributed by atoms with van der Waals surface area (Å²) in [6.07, 6.45) is 1.08. The van der Waals surface area contributed by atoms with Crippen molar-refractivity contribution < 1.29 is 0 Å². The van der Waals surface area contributed by atoms with E-state index in [9.17, 15) is 0 Å². The van der Waals surface area contributed by atoms with Gasteiger partial charge in [0.1, 0.15) is 5.01 Å². The predicted molar refractivity (Wildman–Crippen MR) is 86.6 cm³/mol. The van der Waals surface area contributed by atoms with Gasteiger partial charge in [-0.05, 0) is 51.9 Å². The van der Waals surface area contributed by atoms with E-state index in [-0.39, 0.29) is 0 Å². The van der Waals surface area contributed by atoms with Gasteiger partial charge in [0.05, 0.1) is 0 Å². The Balaban J connectivity index is 2.13. The van der Waals surface area contributed by atoms with Gasteiger partial charge in [0.2, 0.25) is 5.13 Å². The summed E-state index contributed by atoms with van der Waals surface area (Å²) >= 11 is 1.62. The van der Waals surface area contributed by atoms with Gasteiger partial charge >= 0.3 is 0 Å². The predicted octanol–water partition coefficient (Wildman–Crippen LogP) is 3.15. The molecule has 0 radical (unpaired) electrons. The van der Waals surface area contributed by atoms with Crippen LogP contribution in [0, 0.1) is 20.8 Å². The third-order valence-electron chi connectivity index (χ3n) is 3.20. The Kier molecular flexibility index (Phi) is 5.09. The molecular weight excluding hydrogens is 268 g/mol. The fourth-order valence-corrected chi connectivity index (χ4v) is 3.32. The molecule has 0 spiro atoms. The molecule has 0 fully saturated rings. The SMILES string of the molecule is CNCCCNc1nnc(-c2c(C)cc(C)cc2C)s1. The molecule has 0 unspecified atom stereocenters. The Morgan fingerprint density at radius 1 is 1.05 bits per heavy atom. The smallest absolute Gasteiger partial charge is 0.206 e. The number of benzene rings is 1. The number of rotatable bonds is 6. The molecule has 0 bridgehead atoms. The van der Waals surface area contributed by atoms with E-state index < -0.39 is 0 Å². The quantitative estimate of drug-likeness (QED) is 0.802. The molecular formula is C15H22N4S. The van der Waals surface area contributed by atoms with Crippen molar-refractivity contribution in [3.05, 3.63) is 28.8 Å². The number of aryl methyl sites for hydroxylation is 3. The lowest BCUT2D eigenvalue weighted by molar-refractivity contribution is 0.747. The maximum Gasteiger partial charge on any atom is 0.206 e. The van der Waals surface area contributed by atoms with Gasteiger partial charge in [-0.3, -0.25) is 0 Å². The summed E-state index contributed by atoms with van der Waals surface area (Å²) in [7, 11) is 1.96. The van der Waals surface area contributed by atoms with E-state index in [1.807, 2.05) is 7.05 Å². The van der Waals surface area contributed by atoms with Crippen molar-refractivity contribution in [2.24, 2.45) is 0 Å². The van der Waals surface area contributed by atoms with E-state index in [1.54, 1.807) is 11.3 Å². The Morgan fingerprint density at radius 3 is 2.40 bits per heavy atom. The fraction of sp³-hybridized carbons (Fsp3) is 0.467. The third-order valence-corrected chi connectivity index (χ3v) is 4.09. The molecule has 20 heavy (non-hydrogen) atoms. The van der Waals surface area contributed by atoms with Crippen molar-refractivity contribution in [1.29, 1.82) is 0 Å². The molecule has 1 aromatic heterocycles. The van der Waals surface area contributed by atoms with Crippen LogP contribution >= 0.6 is 11.3 Å². The van der Waals surface area contributed by atoms with Crippen LogP contribution < -0.4 is 10.6 Å². The van der Waals surface area contributed by atoms with E-state index >= 15 is 0 Å². The molecule has 0 amide bonds. The standard InChI is InChI=1S/C15H22N4S/c1-10-8-11(2)13(12(3)9-10)14-18-19-15(20-14)17-7-5-6-16-4/h8-9,16H,5-7H2,1-4H3,(H,17,19). The van der Waals surface area contributed by atoms with E-state index in [0.29, 0.717) is 0 Å². The van der Waals surface area contributed by atoms with Gasteiger partial charge in [-0.15, -0.1) is 10.2 Å². The molecule has 0 saturated carbocycles. The first kappa shape index (κ1) is 14.9. The molecule has 4 nitrogen and oxygen atoms in total. The number of hydrogen-bond donors (Lipinski definition) is 2. The zero-order valence-corrected chi connectivity index (χ0v) is 13.4. The van der Waals surface area contributed by atoms with Crippen LogP contribution in [0.15, 0.2) is 12.1 Å². The van der Waals surface area contributed by atoms with Gasteiger partial charge in [-0.1, -0.05) is 29.0 Å². The van der Waals surface area contributed by atoms with E-state index in [4.69, 9.17) is 0 Å². The largest absolute Gasteiger partial charge is 0.360 e. The first-order chi connectivity index (χ1) is 9.61. The maximum atomic E-state index is 4.33. The van der Waals surface area contributed by atoms with Crippen molar-refractivity contribution in [2.75, 3.05) is 25.5 Å². The molecule has 1 aromatic carbocycles. The summed E-state index contributed by atoms with van der Waals surface area (Å²) < 4.78 is 0. The lowest BCUT2D eigenvalue weighted by Crippen LogP contribution is -2.12. The van der Waals surface area contributed by atoms with Crippen LogP contribution in [-0.4, -0.2) is 30.3 Å². The molecule has 5 heteroatoms. The summed E-state index contributed by atoms with van der Waals surface area (Å²) in [4.78, 5) is 0. The number of aromatic nitrogens is 2. The first-order valence-corrected chi connectivity index (χ1v) is 7.73. The van der Waals surface area contributed by atoms with Crippen LogP contribution in [0.1, 0.15) is 23.1 Å². The summed E-state index contributed by atoms with van der Waals surface area (Å²) in [6, 6.07) is 4.40. The zero-order chi connectivity index (χ0) is 14.5. The third kappa shape index (κ3) is 3.55. The van der Waals surface area contributed by atoms with Gasteiger partial charge < -0.3 is 10.6 Å². The van der Waals surface area contributed by atoms with Crippen LogP contribution in [0.4, 0.5) is 5.13 Å². The van der Waals surface area contributed by atoms with Crippen molar-refractivity contribution in [3.63, 3.8) is 0 Å². The van der Waals surface area contributed by atoms with Crippen LogP contribution in [0.5, 0.6) is 0 Å². The highest BCUT2D eigenvalue weighted by Gasteiger charge is 2.12. The van der Waals surface area contributed by atoms with E-state index in [0.717, 1.165) is 29.6 Å². The van der Waals surface area contributed by atoms with Crippen molar-refractivity contribution >= 4 is 16.5 Å². The highest BCUT2D eigenvalue weighted by molar-refractivity contribution is 7.18. The number of nitrogens with zero attached hydrogens (tertiary/aromatic N) is 2. The second-order valence-corrected chi connectivity index (χ2v) is 6.05. The maximum absolute atomic E-state index is 4.33. The number of anilines is 1. The summed E-state index contributed by atoms with van der Waals surface area (Å²) in [5.74, 6) is 0. The van der Waals surface area contributed by atoms with Gasteiger partial charge in [0, 0.05) is 12.1 Å². The molecule has 2 aromatic rings. The van der Waals surface area contributed by atoms with Crippen LogP contribution in [-0.2, 0) is 0 Å². The van der Waals surface area contributed by atoms with E-state index in [2.05, 4.69) is 53.7 Å². The molecule has 0 saturated heterocycles. The highest BCUT2D eigenvalue weighted by Crippen LogP contribution is 2.32. The molecule has 1 heterocycles. The topological polar surface area (TPSA) is 49.8 Å². The fourth-order valence-electron chi connectivity index (χ4n) is 2.37. The lowest BCUT2D eigenvalue weighted by Gasteiger charge is -2.07. The Labute approximate surface area is 124 Å². The van der Waals surface area contributed by atoms with Gasteiger partial charge in [0.15, 0.2) is 0 Å². The minimum absolute atomic E-state index is 0.899. The number of nitrogens with one attached hydrogen (secondary N) is 2. The zero-order valence-electron chi connectivity index (χ0n) is 12.6. The first-order valence-electron chi connectivity index (χ1n) is 6.92. The van der Waals surface area contributed by atoms with Crippen LogP contribution in [0.25, 0.3) is 10.6 Å². The molecule has 0 aliphatic carbocycles. The second-order valence-electron chi connectivity index (χ2n) is 5.07. The molecule has 108 valence electrons. The highest BCUT2D eigenvalue weighted by atomic mass is 32.1. The monoisotopic (exact) mass is 290 g/mol. The molecule has 2 N–H and O–H groups in total. The van der Waals surface area contributed by atoms with Gasteiger partial charge in [-0.2, -0.15) is 0 Å². The lowest BCUT2D eigenvalue weighted by atomic mass is 10.0. The van der Waals surface area contributed by atoms with E-state index in [1.165, 1.54) is 22.3 Å². The normalized spacial score (nSPS) is 10.8. The summed E-state index contributed by atoms with van der Waals surface area (Å²) in [5.41, 5.74) is 5.04. The van der Waals surface area contributed by atoms with Gasteiger partial charge in [-0.25, -0.2) is 0 Å². The molecule has 0 aliphatic heterocycles. The molecule has 2 rings (SSSR count). The van der Waals surface area contributed by atoms with Gasteiger partial charge in [0.25, 0.3) is 0 Å². The van der Waals surface area contributed by atoms with Crippen LogP contribution in [0.3, 0.4) is 0 Å². The average molecular weight is 290 g/mol. The second kappa shape index (κ2) is 6.81. The Hall–Kier alpha value is -1.46. The van der Waals surface area contributed by atoms with Crippen molar-refractivity contribution in [1.82, 2.24) is 15.5 Å². The Morgan fingerprint density at radius 2 is 1.75 bits per heavy atom. The molecule has 0 aliphatic rings. The van der Waals surface area contributed by atoms with Crippen molar-refractivity contribution in [3.8, 4) is 10.6 Å².